The molecular formula is C12H17N5O. The molecule has 96 valence electrons. The summed E-state index contributed by atoms with van der Waals surface area (Å²) >= 11 is 0. The molecule has 0 fully saturated rings. The lowest BCUT2D eigenvalue weighted by atomic mass is 10.2. The minimum atomic E-state index is -0.0128. The maximum absolute atomic E-state index is 12.3. The Morgan fingerprint density at radius 3 is 2.94 bits per heavy atom. The number of carbonyl (C=O) groups excluding carboxylic acids is 1. The van der Waals surface area contributed by atoms with Gasteiger partial charge in [0.15, 0.2) is 0 Å². The molecule has 2 rings (SSSR count). The molecule has 18 heavy (non-hydrogen) atoms. The van der Waals surface area contributed by atoms with Gasteiger partial charge in [-0.05, 0) is 6.42 Å². The Kier molecular flexibility index (Phi) is 3.45. The molecule has 0 atom stereocenters. The second kappa shape index (κ2) is 5.03. The van der Waals surface area contributed by atoms with Gasteiger partial charge in [-0.2, -0.15) is 10.2 Å². The van der Waals surface area contributed by atoms with Crippen molar-refractivity contribution >= 4 is 5.91 Å². The molecule has 6 nitrogen and oxygen atoms in total. The first-order valence-corrected chi connectivity index (χ1v) is 5.87. The Bertz CT molecular complexity index is 529. The first-order valence-electron chi connectivity index (χ1n) is 5.87. The fourth-order valence-corrected chi connectivity index (χ4v) is 1.89. The number of aryl methyl sites for hydroxylation is 2. The number of aromatic nitrogens is 4. The van der Waals surface area contributed by atoms with Crippen LogP contribution in [0.2, 0.25) is 0 Å². The summed E-state index contributed by atoms with van der Waals surface area (Å²) in [6.45, 7) is 2.53. The molecule has 0 bridgehead atoms. The van der Waals surface area contributed by atoms with E-state index in [0.29, 0.717) is 12.1 Å². The number of aromatic amines is 1. The van der Waals surface area contributed by atoms with Gasteiger partial charge in [-0.1, -0.05) is 6.92 Å². The highest BCUT2D eigenvalue weighted by Crippen LogP contribution is 2.11. The third-order valence-electron chi connectivity index (χ3n) is 2.79. The van der Waals surface area contributed by atoms with E-state index >= 15 is 0 Å². The van der Waals surface area contributed by atoms with Crippen LogP contribution in [0, 0.1) is 0 Å². The second-order valence-electron chi connectivity index (χ2n) is 4.28. The molecule has 2 heterocycles. The lowest BCUT2D eigenvalue weighted by Gasteiger charge is -2.15. The summed E-state index contributed by atoms with van der Waals surface area (Å²) in [5, 5.41) is 10.9. The van der Waals surface area contributed by atoms with Crippen molar-refractivity contribution in [3.63, 3.8) is 0 Å². The number of amides is 1. The third kappa shape index (κ3) is 2.42. The summed E-state index contributed by atoms with van der Waals surface area (Å²) < 4.78 is 1.68. The molecule has 1 amide bonds. The highest BCUT2D eigenvalue weighted by Gasteiger charge is 2.18. The third-order valence-corrected chi connectivity index (χ3v) is 2.79. The predicted molar refractivity (Wildman–Crippen MR) is 67.0 cm³/mol. The largest absolute Gasteiger partial charge is 0.337 e. The van der Waals surface area contributed by atoms with Gasteiger partial charge in [0.2, 0.25) is 0 Å². The molecule has 0 spiro atoms. The fraction of sp³-hybridized carbons (Fsp3) is 0.417. The predicted octanol–water partition coefficient (Wildman–Crippen LogP) is 0.978. The number of H-pyrrole nitrogens is 1. The number of rotatable bonds is 4. The number of nitrogens with one attached hydrogen (secondary N) is 1. The van der Waals surface area contributed by atoms with Crippen LogP contribution in [0.5, 0.6) is 0 Å². The van der Waals surface area contributed by atoms with Crippen LogP contribution in [-0.4, -0.2) is 37.8 Å². The molecule has 0 radical (unpaired) electrons. The van der Waals surface area contributed by atoms with Crippen LogP contribution < -0.4 is 0 Å². The van der Waals surface area contributed by atoms with Gasteiger partial charge in [0, 0.05) is 38.6 Å². The quantitative estimate of drug-likeness (QED) is 0.875. The number of hydrogen-bond donors (Lipinski definition) is 1. The zero-order valence-electron chi connectivity index (χ0n) is 10.8. The van der Waals surface area contributed by atoms with Gasteiger partial charge in [-0.25, -0.2) is 0 Å². The highest BCUT2D eigenvalue weighted by atomic mass is 16.2. The second-order valence-corrected chi connectivity index (χ2v) is 4.28. The van der Waals surface area contributed by atoms with E-state index in [9.17, 15) is 4.79 Å². The molecule has 2 aromatic heterocycles. The van der Waals surface area contributed by atoms with Crippen molar-refractivity contribution < 1.29 is 4.79 Å². The lowest BCUT2D eigenvalue weighted by Crippen LogP contribution is -2.26. The normalized spacial score (nSPS) is 10.6. The molecule has 0 aliphatic heterocycles. The SMILES string of the molecule is CCc1nn(C)cc1C(=O)N(C)Cc1cn[nH]c1. The van der Waals surface area contributed by atoms with Crippen LogP contribution in [0.3, 0.4) is 0 Å². The Hall–Kier alpha value is -2.11. The van der Waals surface area contributed by atoms with Crippen molar-refractivity contribution in [1.82, 2.24) is 24.9 Å². The molecule has 0 unspecified atom stereocenters. The monoisotopic (exact) mass is 247 g/mol. The Morgan fingerprint density at radius 1 is 1.56 bits per heavy atom. The van der Waals surface area contributed by atoms with Crippen molar-refractivity contribution in [2.24, 2.45) is 7.05 Å². The van der Waals surface area contributed by atoms with Crippen LogP contribution in [0.15, 0.2) is 18.6 Å². The van der Waals surface area contributed by atoms with Crippen molar-refractivity contribution in [3.05, 3.63) is 35.4 Å². The average Bonchev–Trinajstić information content (AvgIpc) is 2.97. The van der Waals surface area contributed by atoms with Crippen LogP contribution >= 0.6 is 0 Å². The molecule has 0 aliphatic rings. The molecule has 0 saturated heterocycles. The molecule has 1 N–H and O–H groups in total. The van der Waals surface area contributed by atoms with Crippen LogP contribution in [0.25, 0.3) is 0 Å². The molecule has 6 heteroatoms. The molecule has 0 saturated carbocycles. The summed E-state index contributed by atoms with van der Waals surface area (Å²) in [5.41, 5.74) is 2.49. The number of hydrogen-bond acceptors (Lipinski definition) is 3. The van der Waals surface area contributed by atoms with Crippen molar-refractivity contribution in [2.75, 3.05) is 7.05 Å². The van der Waals surface area contributed by atoms with E-state index in [4.69, 9.17) is 0 Å². The number of carbonyl (C=O) groups is 1. The van der Waals surface area contributed by atoms with Gasteiger partial charge in [0.05, 0.1) is 17.5 Å². The van der Waals surface area contributed by atoms with Gasteiger partial charge in [0.25, 0.3) is 5.91 Å². The summed E-state index contributed by atoms with van der Waals surface area (Å²) in [6.07, 6.45) is 6.02. The zero-order valence-corrected chi connectivity index (χ0v) is 10.8. The minimum absolute atomic E-state index is 0.0128. The maximum Gasteiger partial charge on any atom is 0.257 e. The van der Waals surface area contributed by atoms with E-state index in [0.717, 1.165) is 17.7 Å². The van der Waals surface area contributed by atoms with Crippen molar-refractivity contribution in [2.45, 2.75) is 19.9 Å². The van der Waals surface area contributed by atoms with E-state index in [2.05, 4.69) is 15.3 Å². The van der Waals surface area contributed by atoms with E-state index < -0.39 is 0 Å². The Morgan fingerprint density at radius 2 is 2.33 bits per heavy atom. The van der Waals surface area contributed by atoms with E-state index in [1.54, 1.807) is 35.2 Å². The van der Waals surface area contributed by atoms with Crippen LogP contribution in [-0.2, 0) is 20.0 Å². The van der Waals surface area contributed by atoms with Gasteiger partial charge in [-0.3, -0.25) is 14.6 Å². The van der Waals surface area contributed by atoms with Gasteiger partial charge >= 0.3 is 0 Å². The Labute approximate surface area is 106 Å². The van der Waals surface area contributed by atoms with E-state index in [1.165, 1.54) is 0 Å². The summed E-state index contributed by atoms with van der Waals surface area (Å²) in [7, 11) is 3.60. The average molecular weight is 247 g/mol. The van der Waals surface area contributed by atoms with Crippen molar-refractivity contribution in [1.29, 1.82) is 0 Å². The smallest absolute Gasteiger partial charge is 0.257 e. The molecular weight excluding hydrogens is 230 g/mol. The van der Waals surface area contributed by atoms with Gasteiger partial charge in [0.1, 0.15) is 0 Å². The van der Waals surface area contributed by atoms with Gasteiger partial charge < -0.3 is 4.90 Å². The lowest BCUT2D eigenvalue weighted by molar-refractivity contribution is 0.0784. The minimum Gasteiger partial charge on any atom is -0.337 e. The van der Waals surface area contributed by atoms with E-state index in [-0.39, 0.29) is 5.91 Å². The first kappa shape index (κ1) is 12.3. The van der Waals surface area contributed by atoms with Crippen LogP contribution in [0.1, 0.15) is 28.5 Å². The topological polar surface area (TPSA) is 66.8 Å². The molecule has 2 aromatic rings. The Balaban J connectivity index is 2.15. The molecule has 0 aromatic carbocycles. The zero-order chi connectivity index (χ0) is 13.1. The summed E-state index contributed by atoms with van der Waals surface area (Å²) in [6, 6.07) is 0. The summed E-state index contributed by atoms with van der Waals surface area (Å²) in [5.74, 6) is -0.0128. The fourth-order valence-electron chi connectivity index (χ4n) is 1.89. The molecule has 0 aliphatic carbocycles. The highest BCUT2D eigenvalue weighted by molar-refractivity contribution is 5.94. The first-order chi connectivity index (χ1) is 8.61. The maximum atomic E-state index is 12.3. The van der Waals surface area contributed by atoms with Crippen LogP contribution in [0.4, 0.5) is 0 Å². The van der Waals surface area contributed by atoms with Crippen molar-refractivity contribution in [3.8, 4) is 0 Å². The standard InChI is InChI=1S/C12H17N5O/c1-4-11-10(8-17(3)15-11)12(18)16(2)7-9-5-13-14-6-9/h5-6,8H,4,7H2,1-3H3,(H,13,14). The van der Waals surface area contributed by atoms with E-state index in [1.807, 2.05) is 14.0 Å². The number of nitrogens with zero attached hydrogens (tertiary/aromatic N) is 4. The van der Waals surface area contributed by atoms with Gasteiger partial charge in [-0.15, -0.1) is 0 Å². The summed E-state index contributed by atoms with van der Waals surface area (Å²) in [4.78, 5) is 14.0.